The molecule has 0 aromatic heterocycles. The van der Waals surface area contributed by atoms with Gasteiger partial charge in [0.25, 0.3) is 0 Å². The lowest BCUT2D eigenvalue weighted by molar-refractivity contribution is -0.164. The van der Waals surface area contributed by atoms with E-state index >= 15 is 0 Å². The smallest absolute Gasteiger partial charge is 0.309 e. The minimum atomic E-state index is -0.318. The molecule has 2 aliphatic rings. The van der Waals surface area contributed by atoms with Crippen molar-refractivity contribution in [2.45, 2.75) is 58.8 Å². The van der Waals surface area contributed by atoms with Gasteiger partial charge >= 0.3 is 11.9 Å². The Hall–Kier alpha value is -1.32. The van der Waals surface area contributed by atoms with Crippen LogP contribution in [0.15, 0.2) is 12.2 Å². The molecule has 0 bridgehead atoms. The molecule has 4 heteroatoms. The maximum atomic E-state index is 12.4. The van der Waals surface area contributed by atoms with Gasteiger partial charge < -0.3 is 9.47 Å². The highest BCUT2D eigenvalue weighted by atomic mass is 16.5. The van der Waals surface area contributed by atoms with Gasteiger partial charge in [0.1, 0.15) is 0 Å². The Morgan fingerprint density at radius 3 is 2.22 bits per heavy atom. The quantitative estimate of drug-likeness (QED) is 0.550. The minimum Gasteiger partial charge on any atom is -0.465 e. The van der Waals surface area contributed by atoms with E-state index in [2.05, 4.69) is 12.2 Å². The number of allylic oxidation sites excluding steroid dienone is 2. The van der Waals surface area contributed by atoms with Crippen LogP contribution >= 0.6 is 0 Å². The summed E-state index contributed by atoms with van der Waals surface area (Å²) < 4.78 is 10.9. The van der Waals surface area contributed by atoms with Crippen molar-refractivity contribution >= 4 is 11.9 Å². The molecule has 3 unspecified atom stereocenters. The van der Waals surface area contributed by atoms with Gasteiger partial charge in [-0.15, -0.1) is 0 Å². The molecule has 0 aromatic rings. The van der Waals surface area contributed by atoms with Gasteiger partial charge in [0.2, 0.25) is 0 Å². The SMILES string of the molecule is CC(C)COC(=O)C1CCCCC1C(=O)OCC1CC=CCC1. The van der Waals surface area contributed by atoms with E-state index in [-0.39, 0.29) is 23.8 Å². The van der Waals surface area contributed by atoms with Crippen molar-refractivity contribution in [2.75, 3.05) is 13.2 Å². The first-order valence-electron chi connectivity index (χ1n) is 9.06. The molecule has 0 heterocycles. The van der Waals surface area contributed by atoms with Crippen molar-refractivity contribution in [3.63, 3.8) is 0 Å². The Kier molecular flexibility index (Phi) is 7.13. The fourth-order valence-corrected chi connectivity index (χ4v) is 3.37. The van der Waals surface area contributed by atoms with Crippen molar-refractivity contribution in [1.82, 2.24) is 0 Å². The average Bonchev–Trinajstić information content (AvgIpc) is 2.58. The Morgan fingerprint density at radius 2 is 1.65 bits per heavy atom. The summed E-state index contributed by atoms with van der Waals surface area (Å²) in [5.41, 5.74) is 0. The maximum Gasteiger partial charge on any atom is 0.309 e. The Balaban J connectivity index is 1.84. The molecular weight excluding hydrogens is 292 g/mol. The van der Waals surface area contributed by atoms with Crippen molar-refractivity contribution in [3.05, 3.63) is 12.2 Å². The number of rotatable bonds is 6. The Morgan fingerprint density at radius 1 is 1.00 bits per heavy atom. The summed E-state index contributed by atoms with van der Waals surface area (Å²) >= 11 is 0. The average molecular weight is 322 g/mol. The van der Waals surface area contributed by atoms with Gasteiger partial charge in [-0.2, -0.15) is 0 Å². The van der Waals surface area contributed by atoms with Crippen LogP contribution in [0.25, 0.3) is 0 Å². The molecule has 0 N–H and O–H groups in total. The van der Waals surface area contributed by atoms with Crippen LogP contribution in [0.2, 0.25) is 0 Å². The topological polar surface area (TPSA) is 52.6 Å². The molecule has 1 fully saturated rings. The van der Waals surface area contributed by atoms with Crippen molar-refractivity contribution in [2.24, 2.45) is 23.7 Å². The lowest BCUT2D eigenvalue weighted by Crippen LogP contribution is -2.36. The molecule has 4 nitrogen and oxygen atoms in total. The molecule has 2 aliphatic carbocycles. The lowest BCUT2D eigenvalue weighted by atomic mass is 9.79. The molecule has 2 rings (SSSR count). The van der Waals surface area contributed by atoms with Gasteiger partial charge in [0, 0.05) is 0 Å². The second-order valence-corrected chi connectivity index (χ2v) is 7.30. The summed E-state index contributed by atoms with van der Waals surface area (Å²) in [4.78, 5) is 24.7. The fourth-order valence-electron chi connectivity index (χ4n) is 3.37. The van der Waals surface area contributed by atoms with E-state index < -0.39 is 0 Å². The van der Waals surface area contributed by atoms with Crippen LogP contribution in [0.1, 0.15) is 58.8 Å². The van der Waals surface area contributed by atoms with Gasteiger partial charge in [0.05, 0.1) is 25.0 Å². The minimum absolute atomic E-state index is 0.203. The molecule has 1 saturated carbocycles. The zero-order chi connectivity index (χ0) is 16.7. The number of esters is 2. The first kappa shape index (κ1) is 18.0. The third-order valence-corrected chi connectivity index (χ3v) is 4.77. The first-order valence-corrected chi connectivity index (χ1v) is 9.06. The van der Waals surface area contributed by atoms with E-state index in [0.717, 1.165) is 44.9 Å². The van der Waals surface area contributed by atoms with E-state index in [9.17, 15) is 9.59 Å². The first-order chi connectivity index (χ1) is 11.1. The molecule has 130 valence electrons. The second-order valence-electron chi connectivity index (χ2n) is 7.30. The summed E-state index contributed by atoms with van der Waals surface area (Å²) in [5, 5.41) is 0. The lowest BCUT2D eigenvalue weighted by Gasteiger charge is -2.29. The van der Waals surface area contributed by atoms with Crippen LogP contribution in [0.5, 0.6) is 0 Å². The van der Waals surface area contributed by atoms with Crippen molar-refractivity contribution < 1.29 is 19.1 Å². The van der Waals surface area contributed by atoms with E-state index in [0.29, 0.717) is 25.0 Å². The largest absolute Gasteiger partial charge is 0.465 e. The molecule has 0 spiro atoms. The summed E-state index contributed by atoms with van der Waals surface area (Å²) in [7, 11) is 0. The number of hydrogen-bond donors (Lipinski definition) is 0. The summed E-state index contributed by atoms with van der Waals surface area (Å²) in [5.74, 6) is -0.318. The molecule has 3 atom stereocenters. The highest BCUT2D eigenvalue weighted by Gasteiger charge is 2.38. The third-order valence-electron chi connectivity index (χ3n) is 4.77. The maximum absolute atomic E-state index is 12.4. The van der Waals surface area contributed by atoms with Crippen LogP contribution in [0.3, 0.4) is 0 Å². The molecule has 0 saturated heterocycles. The van der Waals surface area contributed by atoms with Crippen LogP contribution in [-0.4, -0.2) is 25.2 Å². The standard InChI is InChI=1S/C19H30O4/c1-14(2)12-22-18(20)16-10-6-7-11-17(16)19(21)23-13-15-8-4-3-5-9-15/h3-4,14-17H,5-13H2,1-2H3. The van der Waals surface area contributed by atoms with E-state index in [4.69, 9.17) is 9.47 Å². The molecule has 0 aromatic carbocycles. The fraction of sp³-hybridized carbons (Fsp3) is 0.789. The van der Waals surface area contributed by atoms with Gasteiger partial charge in [-0.25, -0.2) is 0 Å². The van der Waals surface area contributed by atoms with Gasteiger partial charge in [-0.3, -0.25) is 9.59 Å². The normalized spacial score (nSPS) is 27.7. The number of hydrogen-bond acceptors (Lipinski definition) is 4. The monoisotopic (exact) mass is 322 g/mol. The van der Waals surface area contributed by atoms with Gasteiger partial charge in [-0.1, -0.05) is 38.8 Å². The van der Waals surface area contributed by atoms with Crippen molar-refractivity contribution in [3.8, 4) is 0 Å². The Labute approximate surface area is 139 Å². The van der Waals surface area contributed by atoms with Crippen LogP contribution in [-0.2, 0) is 19.1 Å². The molecule has 0 amide bonds. The van der Waals surface area contributed by atoms with Crippen molar-refractivity contribution in [1.29, 1.82) is 0 Å². The number of carbonyl (C=O) groups is 2. The highest BCUT2D eigenvalue weighted by Crippen LogP contribution is 2.32. The molecule has 23 heavy (non-hydrogen) atoms. The van der Waals surface area contributed by atoms with E-state index in [1.165, 1.54) is 0 Å². The van der Waals surface area contributed by atoms with Gasteiger partial charge in [-0.05, 0) is 43.9 Å². The van der Waals surface area contributed by atoms with E-state index in [1.807, 2.05) is 13.8 Å². The number of ether oxygens (including phenoxy) is 2. The van der Waals surface area contributed by atoms with Gasteiger partial charge in [0.15, 0.2) is 0 Å². The van der Waals surface area contributed by atoms with Crippen LogP contribution in [0, 0.1) is 23.7 Å². The zero-order valence-corrected chi connectivity index (χ0v) is 14.5. The predicted molar refractivity (Wildman–Crippen MR) is 88.7 cm³/mol. The molecular formula is C19H30O4. The molecule has 0 radical (unpaired) electrons. The zero-order valence-electron chi connectivity index (χ0n) is 14.5. The highest BCUT2D eigenvalue weighted by molar-refractivity contribution is 5.82. The summed E-state index contributed by atoms with van der Waals surface area (Å²) in [6, 6.07) is 0. The third kappa shape index (κ3) is 5.67. The molecule has 0 aliphatic heterocycles. The van der Waals surface area contributed by atoms with Crippen LogP contribution in [0.4, 0.5) is 0 Å². The van der Waals surface area contributed by atoms with E-state index in [1.54, 1.807) is 0 Å². The summed E-state index contributed by atoms with van der Waals surface area (Å²) in [6.45, 7) is 4.93. The predicted octanol–water partition coefficient (Wildman–Crippen LogP) is 3.89. The summed E-state index contributed by atoms with van der Waals surface area (Å²) in [6.07, 6.45) is 10.9. The van der Waals surface area contributed by atoms with Crippen LogP contribution < -0.4 is 0 Å². The second kappa shape index (κ2) is 9.09. The Bertz CT molecular complexity index is 427. The number of carbonyl (C=O) groups excluding carboxylic acids is 2.